The van der Waals surface area contributed by atoms with Crippen molar-refractivity contribution in [3.05, 3.63) is 0 Å². The van der Waals surface area contributed by atoms with Crippen LogP contribution in [0.3, 0.4) is 0 Å². The predicted octanol–water partition coefficient (Wildman–Crippen LogP) is -0.0544. The molecule has 4 fully saturated rings. The second kappa shape index (κ2) is 3.47. The molecule has 0 aromatic rings. The Labute approximate surface area is 110 Å². The zero-order valence-corrected chi connectivity index (χ0v) is 10.8. The number of amides is 3. The Bertz CT molecular complexity index is 465. The number of carbonyl (C=O) groups is 2. The summed E-state index contributed by atoms with van der Waals surface area (Å²) in [4.78, 5) is 25.0. The lowest BCUT2D eigenvalue weighted by Gasteiger charge is -2.43. The van der Waals surface area contributed by atoms with E-state index in [1.807, 2.05) is 13.8 Å². The van der Waals surface area contributed by atoms with E-state index in [2.05, 4.69) is 5.32 Å². The third-order valence-corrected chi connectivity index (χ3v) is 4.20. The first-order valence-corrected chi connectivity index (χ1v) is 6.58. The fraction of sp³-hybridized carbons (Fsp3) is 0.833. The molecule has 104 valence electrons. The molecule has 4 rings (SSSR count). The van der Waals surface area contributed by atoms with E-state index in [0.717, 1.165) is 0 Å². The van der Waals surface area contributed by atoms with Gasteiger partial charge in [0.2, 0.25) is 5.91 Å². The van der Waals surface area contributed by atoms with Crippen molar-refractivity contribution in [3.8, 4) is 0 Å². The van der Waals surface area contributed by atoms with Crippen LogP contribution in [0.5, 0.6) is 0 Å². The Kier molecular flexibility index (Phi) is 2.13. The van der Waals surface area contributed by atoms with Gasteiger partial charge in [-0.15, -0.1) is 0 Å². The van der Waals surface area contributed by atoms with Crippen LogP contribution in [0.25, 0.3) is 0 Å². The number of carbonyl (C=O) groups excluding carboxylic acids is 2. The van der Waals surface area contributed by atoms with Gasteiger partial charge in [0.15, 0.2) is 12.0 Å². The van der Waals surface area contributed by atoms with Crippen LogP contribution in [0.4, 0.5) is 4.79 Å². The van der Waals surface area contributed by atoms with E-state index >= 15 is 0 Å². The van der Waals surface area contributed by atoms with Crippen molar-refractivity contribution >= 4 is 11.9 Å². The molecule has 2 bridgehead atoms. The summed E-state index contributed by atoms with van der Waals surface area (Å²) in [5.41, 5.74) is 0. The van der Waals surface area contributed by atoms with Crippen LogP contribution >= 0.6 is 0 Å². The zero-order valence-electron chi connectivity index (χ0n) is 10.8. The number of fused-ring (bicyclic) bond motifs is 7. The van der Waals surface area contributed by atoms with E-state index in [4.69, 9.17) is 14.2 Å². The monoisotopic (exact) mass is 268 g/mol. The first-order chi connectivity index (χ1) is 8.94. The summed E-state index contributed by atoms with van der Waals surface area (Å²) in [5, 5.41) is 2.33. The number of hydrogen-bond acceptors (Lipinski definition) is 5. The number of hydrogen-bond donors (Lipinski definition) is 1. The van der Waals surface area contributed by atoms with Crippen molar-refractivity contribution in [3.63, 3.8) is 0 Å². The second-order valence-electron chi connectivity index (χ2n) is 5.98. The molecule has 4 saturated heterocycles. The molecule has 19 heavy (non-hydrogen) atoms. The number of ether oxygens (including phenoxy) is 3. The quantitative estimate of drug-likeness (QED) is 0.666. The van der Waals surface area contributed by atoms with Crippen LogP contribution in [0.2, 0.25) is 0 Å². The van der Waals surface area contributed by atoms with Gasteiger partial charge in [-0.1, -0.05) is 0 Å². The maximum absolute atomic E-state index is 12.0. The van der Waals surface area contributed by atoms with Gasteiger partial charge in [0, 0.05) is 12.5 Å². The van der Waals surface area contributed by atoms with Crippen LogP contribution in [0.15, 0.2) is 0 Å². The van der Waals surface area contributed by atoms with Gasteiger partial charge in [-0.05, 0) is 20.3 Å². The average molecular weight is 268 g/mol. The zero-order chi connectivity index (χ0) is 13.4. The summed E-state index contributed by atoms with van der Waals surface area (Å²) in [6.45, 7) is 3.72. The third-order valence-electron chi connectivity index (χ3n) is 4.20. The molecule has 0 spiro atoms. The maximum Gasteiger partial charge on any atom is 0.326 e. The van der Waals surface area contributed by atoms with Crippen LogP contribution in [0.1, 0.15) is 26.7 Å². The van der Waals surface area contributed by atoms with Crippen LogP contribution in [-0.4, -0.2) is 53.2 Å². The Morgan fingerprint density at radius 2 is 2.00 bits per heavy atom. The molecule has 4 heterocycles. The van der Waals surface area contributed by atoms with Crippen molar-refractivity contribution in [2.45, 2.75) is 63.1 Å². The standard InChI is InChI=1S/C12H16N2O5/c1-12(2)18-8-6-3-5-4-7(15)13-11(16)14(5)10(17-6)9(8)19-12/h5-6,8-10H,3-4H2,1-2H3,(H,13,15,16). The molecule has 3 amide bonds. The highest BCUT2D eigenvalue weighted by molar-refractivity contribution is 5.97. The van der Waals surface area contributed by atoms with Crippen molar-refractivity contribution in [1.29, 1.82) is 0 Å². The highest BCUT2D eigenvalue weighted by Gasteiger charge is 2.62. The van der Waals surface area contributed by atoms with E-state index in [9.17, 15) is 9.59 Å². The summed E-state index contributed by atoms with van der Waals surface area (Å²) in [5.74, 6) is -0.871. The topological polar surface area (TPSA) is 77.1 Å². The lowest BCUT2D eigenvalue weighted by atomic mass is 10.0. The van der Waals surface area contributed by atoms with Crippen LogP contribution < -0.4 is 5.32 Å². The minimum Gasteiger partial charge on any atom is -0.349 e. The van der Waals surface area contributed by atoms with Crippen molar-refractivity contribution in [2.75, 3.05) is 0 Å². The predicted molar refractivity (Wildman–Crippen MR) is 60.9 cm³/mol. The highest BCUT2D eigenvalue weighted by Crippen LogP contribution is 2.45. The molecule has 1 N–H and O–H groups in total. The molecule has 4 aliphatic rings. The van der Waals surface area contributed by atoms with Gasteiger partial charge < -0.3 is 14.2 Å². The molecule has 4 aliphatic heterocycles. The molecule has 0 aliphatic carbocycles. The van der Waals surface area contributed by atoms with E-state index in [1.165, 1.54) is 0 Å². The van der Waals surface area contributed by atoms with Crippen LogP contribution in [0, 0.1) is 0 Å². The Morgan fingerprint density at radius 3 is 2.79 bits per heavy atom. The lowest BCUT2D eigenvalue weighted by Crippen LogP contribution is -2.62. The van der Waals surface area contributed by atoms with Gasteiger partial charge in [0.1, 0.15) is 12.2 Å². The van der Waals surface area contributed by atoms with E-state index in [-0.39, 0.29) is 30.3 Å². The van der Waals surface area contributed by atoms with Crippen molar-refractivity contribution in [1.82, 2.24) is 10.2 Å². The number of urea groups is 1. The fourth-order valence-corrected chi connectivity index (χ4v) is 3.57. The summed E-state index contributed by atoms with van der Waals surface area (Å²) >= 11 is 0. The molecule has 0 radical (unpaired) electrons. The van der Waals surface area contributed by atoms with Gasteiger partial charge in [0.25, 0.3) is 0 Å². The minimum atomic E-state index is -0.648. The van der Waals surface area contributed by atoms with Crippen LogP contribution in [-0.2, 0) is 19.0 Å². The Balaban J connectivity index is 1.66. The second-order valence-corrected chi connectivity index (χ2v) is 5.98. The van der Waals surface area contributed by atoms with Crippen molar-refractivity contribution < 1.29 is 23.8 Å². The van der Waals surface area contributed by atoms with E-state index in [0.29, 0.717) is 12.8 Å². The molecule has 0 saturated carbocycles. The number of nitrogens with zero attached hydrogens (tertiary/aromatic N) is 1. The van der Waals surface area contributed by atoms with E-state index < -0.39 is 18.0 Å². The summed E-state index contributed by atoms with van der Waals surface area (Å²) in [6.07, 6.45) is -0.0425. The fourth-order valence-electron chi connectivity index (χ4n) is 3.57. The smallest absolute Gasteiger partial charge is 0.326 e. The largest absolute Gasteiger partial charge is 0.349 e. The highest BCUT2D eigenvalue weighted by atomic mass is 16.8. The lowest BCUT2D eigenvalue weighted by molar-refractivity contribution is -0.221. The molecular weight excluding hydrogens is 252 g/mol. The SMILES string of the molecule is CC1(C)OC2C3CC4CC(=O)NC(=O)N4C(O3)C2O1. The van der Waals surface area contributed by atoms with Gasteiger partial charge in [-0.3, -0.25) is 15.0 Å². The van der Waals surface area contributed by atoms with Crippen molar-refractivity contribution in [2.24, 2.45) is 0 Å². The first-order valence-electron chi connectivity index (χ1n) is 6.58. The van der Waals surface area contributed by atoms with Gasteiger partial charge in [-0.25, -0.2) is 4.79 Å². The van der Waals surface area contributed by atoms with E-state index in [1.54, 1.807) is 4.90 Å². The normalized spacial score (nSPS) is 46.8. The van der Waals surface area contributed by atoms with Gasteiger partial charge >= 0.3 is 6.03 Å². The molecule has 7 heteroatoms. The summed E-state index contributed by atoms with van der Waals surface area (Å²) in [7, 11) is 0. The molecule has 5 atom stereocenters. The first kappa shape index (κ1) is 11.6. The maximum atomic E-state index is 12.0. The summed E-state index contributed by atoms with van der Waals surface area (Å²) < 4.78 is 17.6. The number of rotatable bonds is 0. The third kappa shape index (κ3) is 1.55. The molecular formula is C12H16N2O5. The molecule has 0 aromatic heterocycles. The average Bonchev–Trinajstić information content (AvgIpc) is 2.73. The number of imide groups is 1. The molecule has 0 aromatic carbocycles. The number of nitrogens with one attached hydrogen (secondary N) is 1. The van der Waals surface area contributed by atoms with Gasteiger partial charge in [-0.2, -0.15) is 0 Å². The summed E-state index contributed by atoms with van der Waals surface area (Å²) in [6, 6.07) is -0.496. The molecule has 7 nitrogen and oxygen atoms in total. The van der Waals surface area contributed by atoms with Gasteiger partial charge in [0.05, 0.1) is 6.10 Å². The minimum absolute atomic E-state index is 0.100. The Hall–Kier alpha value is -1.18. The Morgan fingerprint density at radius 1 is 1.26 bits per heavy atom. The molecule has 5 unspecified atom stereocenters.